The predicted octanol–water partition coefficient (Wildman–Crippen LogP) is 5.90. The van der Waals surface area contributed by atoms with E-state index in [4.69, 9.17) is 14.5 Å². The molecule has 1 N–H and O–H groups in total. The molecule has 1 aliphatic rings. The summed E-state index contributed by atoms with van der Waals surface area (Å²) in [7, 11) is 1.63. The van der Waals surface area contributed by atoms with Gasteiger partial charge in [-0.15, -0.1) is 0 Å². The van der Waals surface area contributed by atoms with Crippen LogP contribution in [0.3, 0.4) is 0 Å². The lowest BCUT2D eigenvalue weighted by Gasteiger charge is -2.30. The van der Waals surface area contributed by atoms with Crippen molar-refractivity contribution >= 4 is 28.5 Å². The van der Waals surface area contributed by atoms with E-state index in [0.717, 1.165) is 34.5 Å². The van der Waals surface area contributed by atoms with E-state index >= 15 is 0 Å². The molecule has 0 amide bonds. The second-order valence-electron chi connectivity index (χ2n) is 8.79. The first-order valence-corrected chi connectivity index (χ1v) is 12.0. The van der Waals surface area contributed by atoms with E-state index in [9.17, 15) is 9.90 Å². The molecule has 36 heavy (non-hydrogen) atoms. The third-order valence-corrected chi connectivity index (χ3v) is 6.50. The van der Waals surface area contributed by atoms with Crippen molar-refractivity contribution in [1.82, 2.24) is 9.88 Å². The summed E-state index contributed by atoms with van der Waals surface area (Å²) < 4.78 is 11.6. The Morgan fingerprint density at radius 1 is 1.03 bits per heavy atom. The molecule has 0 unspecified atom stereocenters. The number of rotatable bonds is 7. The number of benzene rings is 3. The number of carboxylic acid groups (broad SMARTS) is 1. The van der Waals surface area contributed by atoms with Gasteiger partial charge in [-0.3, -0.25) is 4.90 Å². The molecule has 0 fully saturated rings. The molecule has 3 aromatic carbocycles. The lowest BCUT2D eigenvalue weighted by Crippen LogP contribution is -2.31. The van der Waals surface area contributed by atoms with Gasteiger partial charge in [0.15, 0.2) is 11.5 Å². The Morgan fingerprint density at radius 3 is 2.56 bits per heavy atom. The molecule has 0 saturated heterocycles. The van der Waals surface area contributed by atoms with Crippen LogP contribution < -0.4 is 9.47 Å². The Bertz CT molecular complexity index is 1450. The summed E-state index contributed by atoms with van der Waals surface area (Å²) in [5.41, 5.74) is 5.52. The van der Waals surface area contributed by atoms with Gasteiger partial charge in [0, 0.05) is 24.0 Å². The number of fused-ring (bicyclic) bond motifs is 2. The molecule has 6 heteroatoms. The van der Waals surface area contributed by atoms with Gasteiger partial charge in [0.25, 0.3) is 0 Å². The van der Waals surface area contributed by atoms with Crippen molar-refractivity contribution in [2.45, 2.75) is 20.1 Å². The van der Waals surface area contributed by atoms with Gasteiger partial charge in [-0.05, 0) is 47.5 Å². The minimum Gasteiger partial charge on any atom is -0.493 e. The van der Waals surface area contributed by atoms with Crippen LogP contribution >= 0.6 is 0 Å². The summed E-state index contributed by atoms with van der Waals surface area (Å²) in [6, 6.07) is 23.3. The van der Waals surface area contributed by atoms with Gasteiger partial charge in [-0.2, -0.15) is 0 Å². The van der Waals surface area contributed by atoms with Crippen molar-refractivity contribution in [3.63, 3.8) is 0 Å². The first-order valence-electron chi connectivity index (χ1n) is 12.0. The molecule has 4 aromatic rings. The van der Waals surface area contributed by atoms with Crippen molar-refractivity contribution < 1.29 is 19.4 Å². The Kier molecular flexibility index (Phi) is 6.69. The van der Waals surface area contributed by atoms with Gasteiger partial charge >= 0.3 is 5.97 Å². The quantitative estimate of drug-likeness (QED) is 0.355. The van der Waals surface area contributed by atoms with E-state index in [-0.39, 0.29) is 0 Å². The van der Waals surface area contributed by atoms with E-state index in [0.29, 0.717) is 47.7 Å². The highest BCUT2D eigenvalue weighted by molar-refractivity contribution is 6.06. The molecule has 1 aliphatic heterocycles. The first-order chi connectivity index (χ1) is 17.6. The number of carbonyl (C=O) groups is 1. The summed E-state index contributed by atoms with van der Waals surface area (Å²) >= 11 is 0. The molecular weight excluding hydrogens is 452 g/mol. The normalized spacial score (nSPS) is 14.6. The van der Waals surface area contributed by atoms with E-state index < -0.39 is 5.97 Å². The zero-order valence-corrected chi connectivity index (χ0v) is 20.4. The van der Waals surface area contributed by atoms with Crippen LogP contribution in [0.2, 0.25) is 0 Å². The van der Waals surface area contributed by atoms with Gasteiger partial charge in [-0.25, -0.2) is 9.78 Å². The maximum atomic E-state index is 12.3. The van der Waals surface area contributed by atoms with Gasteiger partial charge in [0.05, 0.1) is 23.9 Å². The molecule has 0 atom stereocenters. The molecule has 0 aliphatic carbocycles. The fourth-order valence-corrected chi connectivity index (χ4v) is 4.68. The number of aromatic nitrogens is 1. The fourth-order valence-electron chi connectivity index (χ4n) is 4.68. The van der Waals surface area contributed by atoms with Crippen molar-refractivity contribution in [3.05, 3.63) is 101 Å². The third kappa shape index (κ3) is 4.68. The molecule has 0 spiro atoms. The van der Waals surface area contributed by atoms with Crippen molar-refractivity contribution in [3.8, 4) is 11.5 Å². The van der Waals surface area contributed by atoms with Crippen LogP contribution in [-0.4, -0.2) is 41.2 Å². The van der Waals surface area contributed by atoms with Crippen molar-refractivity contribution in [2.24, 2.45) is 0 Å². The van der Waals surface area contributed by atoms with Gasteiger partial charge in [0.1, 0.15) is 6.61 Å². The van der Waals surface area contributed by atoms with Crippen LogP contribution in [0.5, 0.6) is 11.5 Å². The Morgan fingerprint density at radius 2 is 1.81 bits per heavy atom. The lowest BCUT2D eigenvalue weighted by molar-refractivity contribution is 0.0696. The zero-order valence-electron chi connectivity index (χ0n) is 20.4. The topological polar surface area (TPSA) is 71.9 Å². The summed E-state index contributed by atoms with van der Waals surface area (Å²) in [4.78, 5) is 19.5. The van der Waals surface area contributed by atoms with Crippen LogP contribution in [0, 0.1) is 0 Å². The number of likely N-dealkylation sites (N-methyl/N-ethyl adjacent to an activating group) is 1. The van der Waals surface area contributed by atoms with E-state index in [1.807, 2.05) is 72.8 Å². The third-order valence-electron chi connectivity index (χ3n) is 6.50. The number of hydrogen-bond acceptors (Lipinski definition) is 5. The number of para-hydroxylation sites is 1. The van der Waals surface area contributed by atoms with E-state index in [2.05, 4.69) is 17.9 Å². The molecule has 6 nitrogen and oxygen atoms in total. The maximum Gasteiger partial charge on any atom is 0.336 e. The fraction of sp³-hybridized carbons (Fsp3) is 0.200. The Labute approximate surface area is 210 Å². The minimum atomic E-state index is -0.927. The highest BCUT2D eigenvalue weighted by Crippen LogP contribution is 2.35. The van der Waals surface area contributed by atoms with E-state index in [1.54, 1.807) is 7.11 Å². The maximum absolute atomic E-state index is 12.3. The largest absolute Gasteiger partial charge is 0.493 e. The molecule has 0 radical (unpaired) electrons. The van der Waals surface area contributed by atoms with Crippen LogP contribution in [0.25, 0.3) is 22.6 Å². The molecule has 0 bridgehead atoms. The number of pyridine rings is 1. The second kappa shape index (κ2) is 10.2. The molecular formula is C30H28N2O4. The van der Waals surface area contributed by atoms with Crippen molar-refractivity contribution in [1.29, 1.82) is 0 Å². The Hall–Kier alpha value is -4.16. The van der Waals surface area contributed by atoms with Crippen LogP contribution in [0.15, 0.2) is 72.8 Å². The average molecular weight is 481 g/mol. The molecule has 1 aromatic heterocycles. The predicted molar refractivity (Wildman–Crippen MR) is 141 cm³/mol. The first kappa shape index (κ1) is 23.6. The van der Waals surface area contributed by atoms with Crippen LogP contribution in [0.1, 0.15) is 39.7 Å². The summed E-state index contributed by atoms with van der Waals surface area (Å²) in [6.45, 7) is 4.57. The smallest absolute Gasteiger partial charge is 0.336 e. The van der Waals surface area contributed by atoms with Crippen LogP contribution in [0.4, 0.5) is 0 Å². The summed E-state index contributed by atoms with van der Waals surface area (Å²) in [6.07, 6.45) is 2.07. The number of nitrogens with zero attached hydrogens (tertiary/aromatic N) is 2. The highest BCUT2D eigenvalue weighted by atomic mass is 16.5. The second-order valence-corrected chi connectivity index (χ2v) is 8.79. The van der Waals surface area contributed by atoms with Gasteiger partial charge in [-0.1, -0.05) is 61.5 Å². The number of hydrogen-bond donors (Lipinski definition) is 1. The number of aromatic carboxylic acids is 1. The highest BCUT2D eigenvalue weighted by Gasteiger charge is 2.28. The number of carboxylic acids is 1. The van der Waals surface area contributed by atoms with Gasteiger partial charge in [0.2, 0.25) is 0 Å². The standard InChI is InChI=1S/C30H28N2O4/c1-3-32-17-22(29-24(18-32)28(30(33)34)23-11-7-8-12-25(23)31-29)15-21-13-14-26(27(16-21)35-2)36-19-20-9-5-4-6-10-20/h4-16H,3,17-19H2,1-2H3,(H,33,34)/b22-15+. The zero-order chi connectivity index (χ0) is 25.1. The SMILES string of the molecule is CCN1C/C(=C\c2ccc(OCc3ccccc3)c(OC)c2)c2nc3ccccc3c(C(=O)O)c2C1. The summed E-state index contributed by atoms with van der Waals surface area (Å²) in [5, 5.41) is 10.8. The lowest BCUT2D eigenvalue weighted by atomic mass is 9.92. The monoisotopic (exact) mass is 480 g/mol. The number of methoxy groups -OCH3 is 1. The summed E-state index contributed by atoms with van der Waals surface area (Å²) in [5.74, 6) is 0.380. The minimum absolute atomic E-state index is 0.335. The van der Waals surface area contributed by atoms with Gasteiger partial charge < -0.3 is 14.6 Å². The van der Waals surface area contributed by atoms with Crippen molar-refractivity contribution in [2.75, 3.05) is 20.2 Å². The molecule has 0 saturated carbocycles. The molecule has 2 heterocycles. The Balaban J connectivity index is 1.55. The van der Waals surface area contributed by atoms with Crippen LogP contribution in [-0.2, 0) is 13.2 Å². The number of ether oxygens (including phenoxy) is 2. The molecule has 182 valence electrons. The molecule has 5 rings (SSSR count). The van der Waals surface area contributed by atoms with E-state index in [1.165, 1.54) is 0 Å². The average Bonchev–Trinajstić information content (AvgIpc) is 2.91.